The van der Waals surface area contributed by atoms with Crippen LogP contribution >= 0.6 is 0 Å². The van der Waals surface area contributed by atoms with Crippen LogP contribution in [0.1, 0.15) is 51.4 Å². The Morgan fingerprint density at radius 1 is 0.633 bits per heavy atom. The van der Waals surface area contributed by atoms with E-state index in [1.165, 1.54) is 38.5 Å². The Bertz CT molecular complexity index is 764. The lowest BCUT2D eigenvalue weighted by molar-refractivity contribution is -0.697. The first-order valence-electron chi connectivity index (χ1n) is 9.90. The van der Waals surface area contributed by atoms with E-state index in [2.05, 4.69) is 29.2 Å². The number of unbranched alkanes of at least 4 members (excludes halogenated alkanes) is 7. The first kappa shape index (κ1) is 27.5. The number of azide groups is 2. The van der Waals surface area contributed by atoms with Gasteiger partial charge in [0.05, 0.1) is 0 Å². The molecule has 0 N–H and O–H groups in total. The molecule has 0 fully saturated rings. The van der Waals surface area contributed by atoms with Gasteiger partial charge in [-0.05, 0) is 36.0 Å². The fraction of sp³-hybridized carbons (Fsp3) is 0.500. The minimum atomic E-state index is 0. The topological polar surface area (TPSA) is 105 Å². The van der Waals surface area contributed by atoms with Gasteiger partial charge < -0.3 is 24.8 Å². The second kappa shape index (κ2) is 17.4. The molecule has 30 heavy (non-hydrogen) atoms. The van der Waals surface area contributed by atoms with Crippen molar-refractivity contribution in [3.05, 3.63) is 69.9 Å². The Hall–Kier alpha value is -2.50. The van der Waals surface area contributed by atoms with Crippen molar-refractivity contribution < 1.29 is 33.9 Å². The molecule has 2 heterocycles. The molecule has 0 spiro atoms. The summed E-state index contributed by atoms with van der Waals surface area (Å²) in [6, 6.07) is 7.45. The molecule has 0 bridgehead atoms. The van der Waals surface area contributed by atoms with Crippen LogP contribution in [0.3, 0.4) is 0 Å². The van der Waals surface area contributed by atoms with Crippen LogP contribution in [-0.4, -0.2) is 0 Å². The van der Waals surface area contributed by atoms with Gasteiger partial charge in [0.2, 0.25) is 0 Å². The summed E-state index contributed by atoms with van der Waals surface area (Å²) in [7, 11) is 0. The number of pyridine rings is 2. The van der Waals surface area contributed by atoms with E-state index in [0.717, 1.165) is 25.9 Å². The molecule has 0 atom stereocenters. The SMILES string of the molecule is [Cl-].[Cl-].[N-]=[N+]=Nc1ccc[n+](CCCCCCCCCC[n+]2cccc(N=[N+]=[N-])c2)c1. The number of aromatic nitrogens is 2. The Morgan fingerprint density at radius 2 is 1.00 bits per heavy atom. The first-order chi connectivity index (χ1) is 13.8. The highest BCUT2D eigenvalue weighted by molar-refractivity contribution is 5.30. The molecule has 8 nitrogen and oxygen atoms in total. The molecular weight excluding hydrogens is 423 g/mol. The Balaban J connectivity index is 0.00000420. The van der Waals surface area contributed by atoms with E-state index < -0.39 is 0 Å². The van der Waals surface area contributed by atoms with Crippen molar-refractivity contribution in [3.8, 4) is 0 Å². The minimum absolute atomic E-state index is 0. The molecule has 0 unspecified atom stereocenters. The summed E-state index contributed by atoms with van der Waals surface area (Å²) in [4.78, 5) is 5.64. The molecule has 0 aliphatic carbocycles. The molecular formula is C20H28Cl2N8. The number of hydrogen-bond donors (Lipinski definition) is 0. The summed E-state index contributed by atoms with van der Waals surface area (Å²) in [6.45, 7) is 1.92. The smallest absolute Gasteiger partial charge is 0.178 e. The van der Waals surface area contributed by atoms with Gasteiger partial charge in [0.1, 0.15) is 24.5 Å². The Morgan fingerprint density at radius 3 is 1.37 bits per heavy atom. The van der Waals surface area contributed by atoms with Gasteiger partial charge in [0, 0.05) is 34.8 Å². The molecule has 10 heteroatoms. The third-order valence-electron chi connectivity index (χ3n) is 4.59. The molecule has 0 amide bonds. The Kier molecular flexibility index (Phi) is 15.9. The van der Waals surface area contributed by atoms with Gasteiger partial charge in [-0.15, -0.1) is 0 Å². The van der Waals surface area contributed by atoms with Crippen molar-refractivity contribution in [2.45, 2.75) is 64.5 Å². The minimum Gasteiger partial charge on any atom is -1.00 e. The molecule has 162 valence electrons. The zero-order chi connectivity index (χ0) is 19.9. The molecule has 0 saturated carbocycles. The normalized spacial score (nSPS) is 9.47. The van der Waals surface area contributed by atoms with Crippen LogP contribution in [0.15, 0.2) is 59.3 Å². The van der Waals surface area contributed by atoms with Crippen molar-refractivity contribution in [1.29, 1.82) is 0 Å². The molecule has 2 rings (SSSR count). The monoisotopic (exact) mass is 450 g/mol. The summed E-state index contributed by atoms with van der Waals surface area (Å²) < 4.78 is 4.16. The summed E-state index contributed by atoms with van der Waals surface area (Å²) in [5.41, 5.74) is 18.3. The zero-order valence-electron chi connectivity index (χ0n) is 17.0. The standard InChI is InChI=1S/C20H28N8.2ClH/c21-25-23-19-11-9-15-27(17-19)13-7-5-3-1-2-4-6-8-14-28-16-10-12-20(18-28)24-26-22;;/h9-12,15-18H,1-8,13-14H2;2*1H/q+2;;/p-2. The van der Waals surface area contributed by atoms with Crippen LogP contribution in [-0.2, 0) is 13.1 Å². The third kappa shape index (κ3) is 11.5. The maximum atomic E-state index is 8.48. The van der Waals surface area contributed by atoms with E-state index in [9.17, 15) is 0 Å². The van der Waals surface area contributed by atoms with Crippen LogP contribution in [0.5, 0.6) is 0 Å². The molecule has 0 radical (unpaired) electrons. The molecule has 2 aromatic rings. The predicted molar refractivity (Wildman–Crippen MR) is 108 cm³/mol. The van der Waals surface area contributed by atoms with E-state index in [4.69, 9.17) is 11.1 Å². The first-order valence-corrected chi connectivity index (χ1v) is 9.90. The van der Waals surface area contributed by atoms with E-state index in [0.29, 0.717) is 11.4 Å². The van der Waals surface area contributed by atoms with Gasteiger partial charge in [-0.1, -0.05) is 35.9 Å². The van der Waals surface area contributed by atoms with E-state index in [1.807, 2.05) is 49.1 Å². The number of rotatable bonds is 13. The van der Waals surface area contributed by atoms with Gasteiger partial charge in [-0.2, -0.15) is 0 Å². The third-order valence-corrected chi connectivity index (χ3v) is 4.59. The number of halogens is 2. The fourth-order valence-electron chi connectivity index (χ4n) is 3.17. The molecule has 0 aliphatic heterocycles. The molecule has 0 aliphatic rings. The number of nitrogens with zero attached hydrogens (tertiary/aromatic N) is 8. The largest absolute Gasteiger partial charge is 1.00 e. The summed E-state index contributed by atoms with van der Waals surface area (Å²) in [5.74, 6) is 0. The van der Waals surface area contributed by atoms with E-state index in [1.54, 1.807) is 0 Å². The van der Waals surface area contributed by atoms with Crippen LogP contribution in [0.2, 0.25) is 0 Å². The summed E-state index contributed by atoms with van der Waals surface area (Å²) in [6.07, 6.45) is 17.6. The number of hydrogen-bond acceptors (Lipinski definition) is 2. The van der Waals surface area contributed by atoms with E-state index >= 15 is 0 Å². The average molecular weight is 451 g/mol. The van der Waals surface area contributed by atoms with E-state index in [-0.39, 0.29) is 24.8 Å². The molecule has 0 saturated heterocycles. The van der Waals surface area contributed by atoms with Crippen molar-refractivity contribution in [3.63, 3.8) is 0 Å². The van der Waals surface area contributed by atoms with Gasteiger partial charge in [-0.3, -0.25) is 0 Å². The summed E-state index contributed by atoms with van der Waals surface area (Å²) in [5, 5.41) is 7.26. The summed E-state index contributed by atoms with van der Waals surface area (Å²) >= 11 is 0. The number of aryl methyl sites for hydroxylation is 2. The predicted octanol–water partition coefficient (Wildman–Crippen LogP) is -0.0258. The second-order valence-corrected chi connectivity index (χ2v) is 6.81. The molecule has 0 aromatic carbocycles. The Labute approximate surface area is 190 Å². The highest BCUT2D eigenvalue weighted by Gasteiger charge is 2.03. The van der Waals surface area contributed by atoms with Crippen molar-refractivity contribution in [1.82, 2.24) is 0 Å². The maximum absolute atomic E-state index is 8.48. The van der Waals surface area contributed by atoms with Crippen LogP contribution in [0.25, 0.3) is 20.9 Å². The highest BCUT2D eigenvalue weighted by Crippen LogP contribution is 2.10. The lowest BCUT2D eigenvalue weighted by Crippen LogP contribution is -3.00. The molecule has 2 aromatic heterocycles. The average Bonchev–Trinajstić information content (AvgIpc) is 2.70. The van der Waals surface area contributed by atoms with Gasteiger partial charge in [-0.25, -0.2) is 9.13 Å². The van der Waals surface area contributed by atoms with Gasteiger partial charge in [0.15, 0.2) is 24.8 Å². The maximum Gasteiger partial charge on any atom is 0.178 e. The van der Waals surface area contributed by atoms with Crippen molar-refractivity contribution >= 4 is 11.4 Å². The van der Waals surface area contributed by atoms with Crippen LogP contribution in [0, 0.1) is 0 Å². The quantitative estimate of drug-likeness (QED) is 0.134. The van der Waals surface area contributed by atoms with Gasteiger partial charge in [0.25, 0.3) is 0 Å². The highest BCUT2D eigenvalue weighted by atomic mass is 35.5. The lowest BCUT2D eigenvalue weighted by Gasteiger charge is -2.02. The fourth-order valence-corrected chi connectivity index (χ4v) is 3.17. The van der Waals surface area contributed by atoms with Crippen LogP contribution < -0.4 is 33.9 Å². The lowest BCUT2D eigenvalue weighted by atomic mass is 10.1. The van der Waals surface area contributed by atoms with Gasteiger partial charge >= 0.3 is 0 Å². The second-order valence-electron chi connectivity index (χ2n) is 6.81. The van der Waals surface area contributed by atoms with Crippen LogP contribution in [0.4, 0.5) is 11.4 Å². The zero-order valence-corrected chi connectivity index (χ0v) is 18.5. The van der Waals surface area contributed by atoms with Crippen molar-refractivity contribution in [2.75, 3.05) is 0 Å². The van der Waals surface area contributed by atoms with Crippen molar-refractivity contribution in [2.24, 2.45) is 10.2 Å².